The summed E-state index contributed by atoms with van der Waals surface area (Å²) in [5.74, 6) is -1.05. The molecule has 20 heavy (non-hydrogen) atoms. The van der Waals surface area contributed by atoms with E-state index < -0.39 is 26.1 Å². The molecule has 1 aromatic rings. The molecule has 1 N–H and O–H groups in total. The molecule has 0 bridgehead atoms. The Bertz CT molecular complexity index is 572. The highest BCUT2D eigenvalue weighted by atomic mass is 32.2. The average Bonchev–Trinajstić information content (AvgIpc) is 2.35. The standard InChI is InChI=1S/C11H13F4NO2S2/c1-7(19-2)6-16-9-4-3-8(12)5-10(9)20(17,18)11(13,14)15/h3-5,7,16H,6H2,1-2H3. The number of alkyl halides is 3. The van der Waals surface area contributed by atoms with Crippen LogP contribution in [0, 0.1) is 5.82 Å². The molecular weight excluding hydrogens is 318 g/mol. The van der Waals surface area contributed by atoms with Crippen LogP contribution in [-0.4, -0.2) is 32.0 Å². The Morgan fingerprint density at radius 2 is 1.95 bits per heavy atom. The summed E-state index contributed by atoms with van der Waals surface area (Å²) in [6.07, 6.45) is 1.81. The summed E-state index contributed by atoms with van der Waals surface area (Å²) in [6, 6.07) is 2.26. The van der Waals surface area contributed by atoms with Crippen LogP contribution in [-0.2, 0) is 9.84 Å². The highest BCUT2D eigenvalue weighted by molar-refractivity contribution is 7.99. The van der Waals surface area contributed by atoms with Crippen molar-refractivity contribution >= 4 is 27.3 Å². The van der Waals surface area contributed by atoms with E-state index in [1.165, 1.54) is 11.8 Å². The number of sulfone groups is 1. The number of nitrogens with one attached hydrogen (secondary N) is 1. The number of hydrogen-bond donors (Lipinski definition) is 1. The topological polar surface area (TPSA) is 46.2 Å². The second-order valence-corrected chi connectivity index (χ2v) is 7.20. The number of rotatable bonds is 5. The van der Waals surface area contributed by atoms with E-state index in [1.54, 1.807) is 0 Å². The molecule has 0 saturated carbocycles. The monoisotopic (exact) mass is 331 g/mol. The maximum Gasteiger partial charge on any atom is 0.501 e. The van der Waals surface area contributed by atoms with Crippen LogP contribution in [0.5, 0.6) is 0 Å². The van der Waals surface area contributed by atoms with Gasteiger partial charge in [0.25, 0.3) is 9.84 Å². The summed E-state index contributed by atoms with van der Waals surface area (Å²) < 4.78 is 73.5. The molecule has 0 aromatic heterocycles. The number of benzene rings is 1. The van der Waals surface area contributed by atoms with Crippen LogP contribution in [0.4, 0.5) is 23.2 Å². The van der Waals surface area contributed by atoms with E-state index in [0.717, 1.165) is 12.1 Å². The molecule has 0 amide bonds. The summed E-state index contributed by atoms with van der Waals surface area (Å²) in [4.78, 5) is -1.10. The van der Waals surface area contributed by atoms with Crippen molar-refractivity contribution in [2.24, 2.45) is 0 Å². The van der Waals surface area contributed by atoms with Gasteiger partial charge in [0.15, 0.2) is 0 Å². The largest absolute Gasteiger partial charge is 0.501 e. The summed E-state index contributed by atoms with van der Waals surface area (Å²) in [7, 11) is -5.59. The summed E-state index contributed by atoms with van der Waals surface area (Å²) in [5.41, 5.74) is -5.73. The van der Waals surface area contributed by atoms with Gasteiger partial charge in [-0.15, -0.1) is 0 Å². The Hall–Kier alpha value is -0.960. The molecule has 0 heterocycles. The Labute approximate surface area is 118 Å². The molecule has 1 unspecified atom stereocenters. The van der Waals surface area contributed by atoms with Crippen LogP contribution in [0.1, 0.15) is 6.92 Å². The minimum Gasteiger partial charge on any atom is -0.383 e. The summed E-state index contributed by atoms with van der Waals surface area (Å²) in [6.45, 7) is 2.08. The Balaban J connectivity index is 3.22. The van der Waals surface area contributed by atoms with Gasteiger partial charge in [-0.3, -0.25) is 0 Å². The van der Waals surface area contributed by atoms with Crippen LogP contribution in [0.3, 0.4) is 0 Å². The molecule has 9 heteroatoms. The minimum atomic E-state index is -5.59. The fourth-order valence-electron chi connectivity index (χ4n) is 1.33. The highest BCUT2D eigenvalue weighted by Gasteiger charge is 2.48. The zero-order chi connectivity index (χ0) is 15.6. The van der Waals surface area contributed by atoms with Gasteiger partial charge in [0.2, 0.25) is 0 Å². The third kappa shape index (κ3) is 3.78. The van der Waals surface area contributed by atoms with Crippen molar-refractivity contribution in [3.05, 3.63) is 24.0 Å². The maximum atomic E-state index is 13.1. The van der Waals surface area contributed by atoms with Gasteiger partial charge in [-0.1, -0.05) is 6.92 Å². The first-order chi connectivity index (χ1) is 9.09. The van der Waals surface area contributed by atoms with Gasteiger partial charge in [0.05, 0.1) is 5.69 Å². The van der Waals surface area contributed by atoms with E-state index in [2.05, 4.69) is 5.32 Å². The van der Waals surface area contributed by atoms with E-state index in [4.69, 9.17) is 0 Å². The lowest BCUT2D eigenvalue weighted by Gasteiger charge is -2.16. The fourth-order valence-corrected chi connectivity index (χ4v) is 2.52. The van der Waals surface area contributed by atoms with E-state index in [9.17, 15) is 26.0 Å². The SMILES string of the molecule is CSC(C)CNc1ccc(F)cc1S(=O)(=O)C(F)(F)F. The normalized spacial score (nSPS) is 14.1. The third-order valence-corrected chi connectivity index (χ3v) is 5.02. The first-order valence-electron chi connectivity index (χ1n) is 5.47. The lowest BCUT2D eigenvalue weighted by Crippen LogP contribution is -2.25. The van der Waals surface area contributed by atoms with Gasteiger partial charge in [0, 0.05) is 11.8 Å². The molecule has 1 atom stereocenters. The van der Waals surface area contributed by atoms with Crippen molar-refractivity contribution in [3.63, 3.8) is 0 Å². The second kappa shape index (κ2) is 6.21. The average molecular weight is 331 g/mol. The van der Waals surface area contributed by atoms with Gasteiger partial charge in [-0.05, 0) is 24.5 Å². The van der Waals surface area contributed by atoms with Gasteiger partial charge in [-0.2, -0.15) is 24.9 Å². The molecule has 1 rings (SSSR count). The van der Waals surface area contributed by atoms with Crippen LogP contribution >= 0.6 is 11.8 Å². The van der Waals surface area contributed by atoms with E-state index in [-0.39, 0.29) is 17.5 Å². The van der Waals surface area contributed by atoms with Crippen molar-refractivity contribution in [1.29, 1.82) is 0 Å². The molecule has 1 aromatic carbocycles. The lowest BCUT2D eigenvalue weighted by atomic mass is 10.3. The minimum absolute atomic E-state index is 0.0569. The Morgan fingerprint density at radius 3 is 2.45 bits per heavy atom. The van der Waals surface area contributed by atoms with Crippen molar-refractivity contribution in [1.82, 2.24) is 0 Å². The molecule has 3 nitrogen and oxygen atoms in total. The molecule has 0 fully saturated rings. The Kier molecular flexibility index (Phi) is 5.31. The van der Waals surface area contributed by atoms with Gasteiger partial charge < -0.3 is 5.32 Å². The number of thioether (sulfide) groups is 1. The maximum absolute atomic E-state index is 13.1. The predicted molar refractivity (Wildman–Crippen MR) is 71.1 cm³/mol. The lowest BCUT2D eigenvalue weighted by molar-refractivity contribution is -0.0435. The molecule has 0 saturated heterocycles. The van der Waals surface area contributed by atoms with Crippen molar-refractivity contribution in [2.45, 2.75) is 22.6 Å². The van der Waals surface area contributed by atoms with Crippen molar-refractivity contribution < 1.29 is 26.0 Å². The number of anilines is 1. The predicted octanol–water partition coefficient (Wildman–Crippen LogP) is 3.28. The van der Waals surface area contributed by atoms with Crippen LogP contribution in [0.15, 0.2) is 23.1 Å². The van der Waals surface area contributed by atoms with Crippen molar-refractivity contribution in [3.8, 4) is 0 Å². The van der Waals surface area contributed by atoms with E-state index in [0.29, 0.717) is 6.07 Å². The highest BCUT2D eigenvalue weighted by Crippen LogP contribution is 2.34. The van der Waals surface area contributed by atoms with E-state index >= 15 is 0 Å². The van der Waals surface area contributed by atoms with Crippen molar-refractivity contribution in [2.75, 3.05) is 18.1 Å². The smallest absolute Gasteiger partial charge is 0.383 e. The zero-order valence-electron chi connectivity index (χ0n) is 10.7. The molecule has 114 valence electrons. The van der Waals surface area contributed by atoms with Gasteiger partial charge >= 0.3 is 5.51 Å². The first kappa shape index (κ1) is 17.1. The van der Waals surface area contributed by atoms with E-state index in [1.807, 2.05) is 13.2 Å². The second-order valence-electron chi connectivity index (χ2n) is 4.02. The quantitative estimate of drug-likeness (QED) is 0.841. The molecule has 0 aliphatic carbocycles. The summed E-state index contributed by atoms with van der Waals surface area (Å²) >= 11 is 1.46. The third-order valence-electron chi connectivity index (χ3n) is 2.52. The van der Waals surface area contributed by atoms with Crippen LogP contribution in [0.25, 0.3) is 0 Å². The van der Waals surface area contributed by atoms with Gasteiger partial charge in [0.1, 0.15) is 10.7 Å². The first-order valence-corrected chi connectivity index (χ1v) is 8.24. The van der Waals surface area contributed by atoms with Gasteiger partial charge in [-0.25, -0.2) is 12.8 Å². The molecule has 0 aliphatic rings. The number of halogens is 4. The molecule has 0 radical (unpaired) electrons. The van der Waals surface area contributed by atoms with Crippen LogP contribution < -0.4 is 5.32 Å². The zero-order valence-corrected chi connectivity index (χ0v) is 12.3. The number of hydrogen-bond acceptors (Lipinski definition) is 4. The Morgan fingerprint density at radius 1 is 1.35 bits per heavy atom. The molecule has 0 aliphatic heterocycles. The summed E-state index contributed by atoms with van der Waals surface area (Å²) in [5, 5.41) is 2.66. The fraction of sp³-hybridized carbons (Fsp3) is 0.455. The molecule has 0 spiro atoms. The molecular formula is C11H13F4NO2S2. The van der Waals surface area contributed by atoms with Crippen LogP contribution in [0.2, 0.25) is 0 Å².